The van der Waals surface area contributed by atoms with Crippen LogP contribution in [0.1, 0.15) is 32.8 Å². The normalized spacial score (nSPS) is 18.2. The van der Waals surface area contributed by atoms with Gasteiger partial charge in [-0.05, 0) is 63.1 Å². The van der Waals surface area contributed by atoms with Gasteiger partial charge in [0.15, 0.2) is 0 Å². The number of hydrogen-bond acceptors (Lipinski definition) is 7. The minimum Gasteiger partial charge on any atom is -0.478 e. The molecule has 1 N–H and O–H groups in total. The van der Waals surface area contributed by atoms with Gasteiger partial charge in [0.1, 0.15) is 15.5 Å². The highest BCUT2D eigenvalue weighted by Gasteiger charge is 2.41. The highest BCUT2D eigenvalue weighted by atomic mass is 127. The van der Waals surface area contributed by atoms with Gasteiger partial charge in [-0.25, -0.2) is 14.6 Å². The highest BCUT2D eigenvalue weighted by molar-refractivity contribution is 14.1. The van der Waals surface area contributed by atoms with E-state index in [2.05, 4.69) is 32.5 Å². The van der Waals surface area contributed by atoms with Gasteiger partial charge in [-0.2, -0.15) is 0 Å². The van der Waals surface area contributed by atoms with E-state index in [1.807, 2.05) is 0 Å². The van der Waals surface area contributed by atoms with Crippen LogP contribution in [0.5, 0.6) is 0 Å². The number of pyridine rings is 1. The van der Waals surface area contributed by atoms with E-state index < -0.39 is 22.6 Å². The number of carbonyl (C=O) groups is 2. The Balaban J connectivity index is 1.89. The quantitative estimate of drug-likeness (QED) is 0.128. The van der Waals surface area contributed by atoms with E-state index in [1.54, 1.807) is 45.0 Å². The number of halogens is 1. The molecule has 2 aromatic rings. The first kappa shape index (κ1) is 25.4. The Labute approximate surface area is 210 Å². The molecule has 11 heteroatoms. The van der Waals surface area contributed by atoms with E-state index in [0.29, 0.717) is 24.3 Å². The minimum absolute atomic E-state index is 0.0149. The maximum Gasteiger partial charge on any atom is 0.416 e. The number of non-ortho nitro benzene ring substituents is 1. The van der Waals surface area contributed by atoms with E-state index in [0.717, 1.165) is 11.8 Å². The third-order valence-electron chi connectivity index (χ3n) is 5.03. The summed E-state index contributed by atoms with van der Waals surface area (Å²) in [4.78, 5) is 42.5. The molecular formula is C23H25IN4O6. The molecule has 0 radical (unpaired) electrons. The summed E-state index contributed by atoms with van der Waals surface area (Å²) in [7, 11) is 0. The van der Waals surface area contributed by atoms with Crippen molar-refractivity contribution in [3.63, 3.8) is 0 Å². The zero-order valence-electron chi connectivity index (χ0n) is 18.9. The van der Waals surface area contributed by atoms with Crippen LogP contribution < -0.4 is 9.80 Å². The van der Waals surface area contributed by atoms with Gasteiger partial charge in [0.25, 0.3) is 5.69 Å². The van der Waals surface area contributed by atoms with Crippen molar-refractivity contribution in [2.45, 2.75) is 42.9 Å². The molecular weight excluding hydrogens is 555 g/mol. The van der Waals surface area contributed by atoms with Gasteiger partial charge in [-0.1, -0.05) is 22.6 Å². The molecule has 2 heterocycles. The Morgan fingerprint density at radius 3 is 2.47 bits per heavy atom. The number of hydrogen-bond donors (Lipinski definition) is 1. The topological polar surface area (TPSA) is 126 Å². The monoisotopic (exact) mass is 580 g/mol. The molecule has 0 spiro atoms. The second kappa shape index (κ2) is 10.4. The summed E-state index contributed by atoms with van der Waals surface area (Å²) < 4.78 is 5.51. The Morgan fingerprint density at radius 1 is 1.26 bits per heavy atom. The molecule has 1 unspecified atom stereocenters. The fourth-order valence-corrected chi connectivity index (χ4v) is 4.83. The number of anilines is 2. The van der Waals surface area contributed by atoms with Crippen LogP contribution in [0.15, 0.2) is 48.7 Å². The molecule has 1 aliphatic rings. The molecule has 3 rings (SSSR count). The average molecular weight is 580 g/mol. The van der Waals surface area contributed by atoms with E-state index >= 15 is 0 Å². The number of ether oxygens (including phenoxy) is 1. The first-order chi connectivity index (χ1) is 16.0. The predicted octanol–water partition coefficient (Wildman–Crippen LogP) is 4.87. The van der Waals surface area contributed by atoms with E-state index in [9.17, 15) is 19.7 Å². The van der Waals surface area contributed by atoms with Gasteiger partial charge in [0, 0.05) is 36.6 Å². The van der Waals surface area contributed by atoms with Crippen LogP contribution in [0.4, 0.5) is 22.0 Å². The molecule has 1 aliphatic heterocycles. The Morgan fingerprint density at radius 2 is 1.94 bits per heavy atom. The van der Waals surface area contributed by atoms with Gasteiger partial charge in [-0.3, -0.25) is 15.0 Å². The zero-order valence-corrected chi connectivity index (χ0v) is 21.1. The molecule has 0 aliphatic carbocycles. The lowest BCUT2D eigenvalue weighted by Crippen LogP contribution is -2.48. The third kappa shape index (κ3) is 6.22. The summed E-state index contributed by atoms with van der Waals surface area (Å²) in [6.07, 6.45) is 4.03. The molecule has 0 bridgehead atoms. The van der Waals surface area contributed by atoms with Crippen molar-refractivity contribution in [3.8, 4) is 0 Å². The summed E-state index contributed by atoms with van der Waals surface area (Å²) in [6.45, 7) is 6.00. The Hall–Kier alpha value is -3.22. The van der Waals surface area contributed by atoms with Gasteiger partial charge in [-0.15, -0.1) is 0 Å². The van der Waals surface area contributed by atoms with E-state index in [-0.39, 0.29) is 15.8 Å². The SMILES string of the molecule is CC(C)(C)OC(=O)N(c1ccc(C=CC(=O)O)cn1)[C@@H]1CCN(c2ccc([N+](=O)[O-])cc2)C1I. The molecule has 1 amide bonds. The lowest BCUT2D eigenvalue weighted by molar-refractivity contribution is -0.384. The summed E-state index contributed by atoms with van der Waals surface area (Å²) in [5.41, 5.74) is 0.705. The Kier molecular flexibility index (Phi) is 7.75. The van der Waals surface area contributed by atoms with Crippen molar-refractivity contribution in [2.24, 2.45) is 0 Å². The van der Waals surface area contributed by atoms with Crippen LogP contribution in [0.25, 0.3) is 6.08 Å². The Bertz CT molecular complexity index is 1080. The van der Waals surface area contributed by atoms with Crippen molar-refractivity contribution in [1.82, 2.24) is 4.98 Å². The standard InChI is InChI=1S/C23H25IN4O6/c1-23(2,3)34-22(31)27(19-10-4-15(14-25-19)5-11-20(29)30)18-12-13-26(21(18)24)16-6-8-17(9-7-16)28(32)33/h4-11,14,18,21H,12-13H2,1-3H3,(H,29,30)/t18-,21?/m1/s1. The summed E-state index contributed by atoms with van der Waals surface area (Å²) >= 11 is 2.26. The number of aliphatic carboxylic acids is 1. The zero-order chi connectivity index (χ0) is 25.0. The van der Waals surface area contributed by atoms with Crippen molar-refractivity contribution < 1.29 is 24.4 Å². The molecule has 2 atom stereocenters. The summed E-state index contributed by atoms with van der Waals surface area (Å²) in [5.74, 6) is -0.677. The number of carboxylic acids is 1. The lowest BCUT2D eigenvalue weighted by atomic mass is 10.2. The number of nitrogens with zero attached hydrogens (tertiary/aromatic N) is 4. The maximum atomic E-state index is 13.2. The third-order valence-corrected chi connectivity index (χ3v) is 6.53. The number of nitro groups is 1. The summed E-state index contributed by atoms with van der Waals surface area (Å²) in [5, 5.41) is 19.8. The average Bonchev–Trinajstić information content (AvgIpc) is 3.13. The molecule has 34 heavy (non-hydrogen) atoms. The molecule has 1 fully saturated rings. The fourth-order valence-electron chi connectivity index (χ4n) is 3.55. The fraction of sp³-hybridized carbons (Fsp3) is 0.348. The molecule has 180 valence electrons. The first-order valence-corrected chi connectivity index (χ1v) is 11.8. The van der Waals surface area contributed by atoms with E-state index in [4.69, 9.17) is 9.84 Å². The van der Waals surface area contributed by atoms with Gasteiger partial charge >= 0.3 is 12.1 Å². The molecule has 1 saturated heterocycles. The predicted molar refractivity (Wildman–Crippen MR) is 136 cm³/mol. The number of alkyl halides is 1. The van der Waals surface area contributed by atoms with Crippen molar-refractivity contribution >= 4 is 57.9 Å². The molecule has 1 aromatic carbocycles. The second-order valence-electron chi connectivity index (χ2n) is 8.67. The number of benzene rings is 1. The number of rotatable bonds is 6. The van der Waals surface area contributed by atoms with Crippen molar-refractivity contribution in [2.75, 3.05) is 16.3 Å². The number of amides is 1. The number of aromatic nitrogens is 1. The van der Waals surface area contributed by atoms with Crippen LogP contribution in [-0.2, 0) is 9.53 Å². The summed E-state index contributed by atoms with van der Waals surface area (Å²) in [6, 6.07) is 9.38. The van der Waals surface area contributed by atoms with Crippen LogP contribution >= 0.6 is 22.6 Å². The number of carbonyl (C=O) groups excluding carboxylic acids is 1. The maximum absolute atomic E-state index is 13.2. The van der Waals surface area contributed by atoms with Crippen molar-refractivity contribution in [3.05, 3.63) is 64.3 Å². The molecule has 1 aromatic heterocycles. The molecule has 10 nitrogen and oxygen atoms in total. The minimum atomic E-state index is -1.07. The van der Waals surface area contributed by atoms with E-state index in [1.165, 1.54) is 29.3 Å². The number of nitro benzene ring substituents is 1. The number of carboxylic acid groups (broad SMARTS) is 1. The molecule has 0 saturated carbocycles. The largest absolute Gasteiger partial charge is 0.478 e. The first-order valence-electron chi connectivity index (χ1n) is 10.5. The second-order valence-corrected chi connectivity index (χ2v) is 9.94. The van der Waals surface area contributed by atoms with Crippen LogP contribution in [0, 0.1) is 10.1 Å². The highest BCUT2D eigenvalue weighted by Crippen LogP contribution is 2.35. The van der Waals surface area contributed by atoms with Crippen molar-refractivity contribution in [1.29, 1.82) is 0 Å². The van der Waals surface area contributed by atoms with Crippen LogP contribution in [-0.4, -0.2) is 49.3 Å². The van der Waals surface area contributed by atoms with Gasteiger partial charge in [0.05, 0.1) is 11.0 Å². The lowest BCUT2D eigenvalue weighted by Gasteiger charge is -2.34. The smallest absolute Gasteiger partial charge is 0.416 e. The van der Waals surface area contributed by atoms with Crippen LogP contribution in [0.3, 0.4) is 0 Å². The van der Waals surface area contributed by atoms with Gasteiger partial charge in [0.2, 0.25) is 0 Å². The van der Waals surface area contributed by atoms with Gasteiger partial charge < -0.3 is 14.7 Å². The van der Waals surface area contributed by atoms with Crippen LogP contribution in [0.2, 0.25) is 0 Å².